The van der Waals surface area contributed by atoms with Gasteiger partial charge in [-0.2, -0.15) is 18.2 Å². The number of furan rings is 1. The number of thiazole rings is 1. The Hall–Kier alpha value is -3.86. The maximum Gasteiger partial charge on any atom is 0.543 e. The van der Waals surface area contributed by atoms with Gasteiger partial charge < -0.3 is 9.04 Å². The lowest BCUT2D eigenvalue weighted by molar-refractivity contribution is -0.140. The molecule has 0 fully saturated rings. The molecule has 19 heteroatoms. The van der Waals surface area contributed by atoms with E-state index in [0.717, 1.165) is 14.5 Å². The number of rotatable bonds is 5. The number of benzene rings is 1. The number of amides is 1. The van der Waals surface area contributed by atoms with Crippen molar-refractivity contribution in [2.45, 2.75) is 19.5 Å². The summed E-state index contributed by atoms with van der Waals surface area (Å²) in [6.07, 6.45) is -5.84. The Morgan fingerprint density at radius 2 is 1.80 bits per heavy atom. The molecule has 214 valence electrons. The Morgan fingerprint density at radius 1 is 1.15 bits per heavy atom. The predicted molar refractivity (Wildman–Crippen MR) is 127 cm³/mol. The molecule has 0 aliphatic heterocycles. The lowest BCUT2D eigenvalue weighted by Gasteiger charge is -2.13. The van der Waals surface area contributed by atoms with Crippen LogP contribution in [-0.2, 0) is 36.1 Å². The first kappa shape index (κ1) is 29.1. The third-order valence-corrected chi connectivity index (χ3v) is 6.84. The van der Waals surface area contributed by atoms with E-state index in [1.54, 1.807) is 0 Å². The van der Waals surface area contributed by atoms with Crippen molar-refractivity contribution >= 4 is 36.2 Å². The van der Waals surface area contributed by atoms with Gasteiger partial charge in [-0.15, -0.1) is 16.1 Å². The summed E-state index contributed by atoms with van der Waals surface area (Å²) in [6, 6.07) is 0.727. The highest BCUT2D eigenvalue weighted by atomic mass is 32.1. The summed E-state index contributed by atoms with van der Waals surface area (Å²) in [7, 11) is -2.90. The standard InChI is InChI=1S/C21H16F5N4O8PS/c1-8-10(14-17(32)28(2)20(33)29(3)18(14)37-8)6-13(31)27-19-30(38-39(34,35)36)12(7-40-19)9-4-5-11(21(24,25)26)16(23)15(9)22/h4-5,7H,6H2,1-3H3,(H2,34,35,36). The normalized spacial score (nSPS) is 12.9. The van der Waals surface area contributed by atoms with Gasteiger partial charge in [0.2, 0.25) is 10.5 Å². The van der Waals surface area contributed by atoms with Gasteiger partial charge in [0.05, 0.1) is 12.0 Å². The molecule has 0 saturated heterocycles. The largest absolute Gasteiger partial charge is 0.543 e. The number of carbonyl (C=O) groups is 1. The molecule has 12 nitrogen and oxygen atoms in total. The maximum atomic E-state index is 14.6. The van der Waals surface area contributed by atoms with Gasteiger partial charge in [-0.05, 0) is 19.1 Å². The topological polar surface area (TPSA) is 158 Å². The van der Waals surface area contributed by atoms with Gasteiger partial charge in [-0.3, -0.25) is 28.5 Å². The molecular weight excluding hydrogens is 594 g/mol. The molecule has 0 aliphatic carbocycles. The van der Waals surface area contributed by atoms with Gasteiger partial charge in [0.1, 0.15) is 16.8 Å². The molecule has 1 aromatic carbocycles. The molecule has 3 heterocycles. The molecule has 4 aromatic rings. The summed E-state index contributed by atoms with van der Waals surface area (Å²) in [4.78, 5) is 59.4. The Bertz CT molecular complexity index is 1930. The predicted octanol–water partition coefficient (Wildman–Crippen LogP) is 2.16. The zero-order valence-corrected chi connectivity index (χ0v) is 22.0. The van der Waals surface area contributed by atoms with Crippen molar-refractivity contribution in [2.75, 3.05) is 0 Å². The quantitative estimate of drug-likeness (QED) is 0.257. The van der Waals surface area contributed by atoms with Crippen molar-refractivity contribution in [1.82, 2.24) is 13.9 Å². The molecule has 0 aliphatic rings. The zero-order chi connectivity index (χ0) is 29.9. The Balaban J connectivity index is 1.84. The van der Waals surface area contributed by atoms with Crippen LogP contribution in [0.3, 0.4) is 0 Å². The number of nitrogens with zero attached hydrogens (tertiary/aromatic N) is 4. The van der Waals surface area contributed by atoms with Crippen LogP contribution in [0, 0.1) is 18.6 Å². The van der Waals surface area contributed by atoms with Crippen LogP contribution in [-0.4, -0.2) is 29.6 Å². The molecule has 0 unspecified atom stereocenters. The molecule has 3 aromatic heterocycles. The van der Waals surface area contributed by atoms with Crippen LogP contribution in [0.2, 0.25) is 0 Å². The Morgan fingerprint density at radius 3 is 2.40 bits per heavy atom. The van der Waals surface area contributed by atoms with E-state index in [9.17, 15) is 50.7 Å². The van der Waals surface area contributed by atoms with E-state index in [1.165, 1.54) is 21.0 Å². The fourth-order valence-corrected chi connectivity index (χ4v) is 5.06. The van der Waals surface area contributed by atoms with Crippen molar-refractivity contribution in [3.63, 3.8) is 0 Å². The SMILES string of the molecule is Cc1oc2c(c1CC(=O)N=c1scc(-c3ccc(C(F)(F)F)c(F)c3F)n1OP(=O)(O)O)c(=O)n(C)c(=O)n2C. The van der Waals surface area contributed by atoms with Crippen LogP contribution >= 0.6 is 19.2 Å². The smallest absolute Gasteiger partial charge is 0.444 e. The van der Waals surface area contributed by atoms with Gasteiger partial charge in [-0.1, -0.05) is 0 Å². The number of aryl methyl sites for hydroxylation is 2. The van der Waals surface area contributed by atoms with E-state index in [2.05, 4.69) is 9.62 Å². The zero-order valence-electron chi connectivity index (χ0n) is 20.3. The maximum absolute atomic E-state index is 14.6. The third-order valence-electron chi connectivity index (χ3n) is 5.66. The van der Waals surface area contributed by atoms with E-state index in [0.29, 0.717) is 17.4 Å². The van der Waals surface area contributed by atoms with E-state index in [1.807, 2.05) is 0 Å². The molecule has 2 N–H and O–H groups in total. The van der Waals surface area contributed by atoms with Crippen molar-refractivity contribution in [2.24, 2.45) is 19.1 Å². The second-order valence-electron chi connectivity index (χ2n) is 8.26. The molecule has 0 spiro atoms. The number of hydrogen-bond acceptors (Lipinski definition) is 7. The number of hydrogen-bond donors (Lipinski definition) is 2. The second-order valence-corrected chi connectivity index (χ2v) is 10.2. The highest BCUT2D eigenvalue weighted by Crippen LogP contribution is 2.37. The second kappa shape index (κ2) is 9.96. The summed E-state index contributed by atoms with van der Waals surface area (Å²) in [5.74, 6) is -5.22. The van der Waals surface area contributed by atoms with Gasteiger partial charge in [-0.25, -0.2) is 18.1 Å². The fraction of sp³-hybridized carbons (Fsp3) is 0.238. The third kappa shape index (κ3) is 5.17. The van der Waals surface area contributed by atoms with Gasteiger partial charge in [0.15, 0.2) is 11.6 Å². The van der Waals surface area contributed by atoms with Crippen molar-refractivity contribution < 1.29 is 50.1 Å². The molecule has 4 rings (SSSR count). The van der Waals surface area contributed by atoms with E-state index in [-0.39, 0.29) is 33.2 Å². The molecule has 40 heavy (non-hydrogen) atoms. The minimum atomic E-state index is -5.44. The van der Waals surface area contributed by atoms with Crippen LogP contribution < -0.4 is 20.7 Å². The lowest BCUT2D eigenvalue weighted by Crippen LogP contribution is -2.36. The first-order valence-corrected chi connectivity index (χ1v) is 13.1. The average Bonchev–Trinajstić information content (AvgIpc) is 3.36. The molecule has 1 amide bonds. The number of halogens is 5. The Kier molecular flexibility index (Phi) is 7.25. The number of fused-ring (bicyclic) bond motifs is 1. The monoisotopic (exact) mass is 610 g/mol. The van der Waals surface area contributed by atoms with E-state index < -0.39 is 70.8 Å². The van der Waals surface area contributed by atoms with Crippen LogP contribution in [0.1, 0.15) is 16.9 Å². The van der Waals surface area contributed by atoms with Crippen molar-refractivity contribution in [3.8, 4) is 11.3 Å². The number of carbonyl (C=O) groups excluding carboxylic acids is 1. The van der Waals surface area contributed by atoms with E-state index >= 15 is 0 Å². The van der Waals surface area contributed by atoms with E-state index in [4.69, 9.17) is 4.42 Å². The minimum Gasteiger partial charge on any atom is -0.444 e. The Labute approximate surface area is 222 Å². The van der Waals surface area contributed by atoms with Gasteiger partial charge in [0.25, 0.3) is 11.5 Å². The molecular formula is C21H16F5N4O8PS. The highest BCUT2D eigenvalue weighted by molar-refractivity contribution is 7.46. The first-order valence-electron chi connectivity index (χ1n) is 10.7. The van der Waals surface area contributed by atoms with Gasteiger partial charge in [0, 0.05) is 30.6 Å². The van der Waals surface area contributed by atoms with Crippen LogP contribution in [0.4, 0.5) is 22.0 Å². The molecule has 0 atom stereocenters. The molecule has 0 bridgehead atoms. The number of alkyl halides is 3. The average molecular weight is 610 g/mol. The summed E-state index contributed by atoms with van der Waals surface area (Å²) < 4.78 is 91.2. The number of phosphoric acid groups is 1. The highest BCUT2D eigenvalue weighted by Gasteiger charge is 2.36. The van der Waals surface area contributed by atoms with Crippen LogP contribution in [0.25, 0.3) is 22.4 Å². The number of aromatic nitrogens is 3. The lowest BCUT2D eigenvalue weighted by atomic mass is 10.1. The summed E-state index contributed by atoms with van der Waals surface area (Å²) in [5, 5.41) is 0.816. The summed E-state index contributed by atoms with van der Waals surface area (Å²) in [5.41, 5.74) is -5.00. The minimum absolute atomic E-state index is 0.0510. The summed E-state index contributed by atoms with van der Waals surface area (Å²) >= 11 is 0.456. The summed E-state index contributed by atoms with van der Waals surface area (Å²) in [6.45, 7) is 1.41. The van der Waals surface area contributed by atoms with Crippen LogP contribution in [0.5, 0.6) is 0 Å². The van der Waals surface area contributed by atoms with Gasteiger partial charge >= 0.3 is 19.7 Å². The van der Waals surface area contributed by atoms with Crippen LogP contribution in [0.15, 0.2) is 36.5 Å². The molecule has 0 radical (unpaired) electrons. The first-order chi connectivity index (χ1) is 18.4. The molecule has 0 saturated carbocycles. The fourth-order valence-electron chi connectivity index (χ4n) is 3.80. The van der Waals surface area contributed by atoms with Crippen molar-refractivity contribution in [1.29, 1.82) is 0 Å². The van der Waals surface area contributed by atoms with Crippen molar-refractivity contribution in [3.05, 3.63) is 71.7 Å².